The van der Waals surface area contributed by atoms with Crippen LogP contribution in [0.1, 0.15) is 21.6 Å². The number of aromatic nitrogens is 4. The number of alkyl halides is 3. The first-order valence-electron chi connectivity index (χ1n) is 7.30. The van der Waals surface area contributed by atoms with Crippen LogP contribution in [0.4, 0.5) is 13.2 Å². The highest BCUT2D eigenvalue weighted by Crippen LogP contribution is 2.36. The molecule has 1 aliphatic heterocycles. The van der Waals surface area contributed by atoms with E-state index in [4.69, 9.17) is 5.11 Å². The first kappa shape index (κ1) is 15.9. The van der Waals surface area contributed by atoms with E-state index in [1.807, 2.05) is 0 Å². The van der Waals surface area contributed by atoms with E-state index in [0.717, 1.165) is 0 Å². The Morgan fingerprint density at radius 3 is 2.69 bits per heavy atom. The molecular weight excluding hydrogens is 353 g/mol. The van der Waals surface area contributed by atoms with E-state index in [1.54, 1.807) is 12.2 Å². The van der Waals surface area contributed by atoms with Crippen LogP contribution in [0.3, 0.4) is 0 Å². The van der Waals surface area contributed by atoms with Crippen molar-refractivity contribution in [2.75, 3.05) is 0 Å². The lowest BCUT2D eigenvalue weighted by molar-refractivity contribution is -0.143. The number of imidazole rings is 1. The van der Waals surface area contributed by atoms with E-state index in [0.29, 0.717) is 27.5 Å². The average Bonchev–Trinajstić information content (AvgIpc) is 3.05. The number of carboxylic acid groups (broad SMARTS) is 1. The molecule has 0 saturated heterocycles. The molecule has 1 aromatic carbocycles. The zero-order valence-electron chi connectivity index (χ0n) is 12.8. The minimum Gasteiger partial charge on any atom is -0.478 e. The average molecular weight is 362 g/mol. The lowest BCUT2D eigenvalue weighted by Crippen LogP contribution is -2.18. The lowest BCUT2D eigenvalue weighted by Gasteiger charge is -2.14. The van der Waals surface area contributed by atoms with Gasteiger partial charge in [0, 0.05) is 11.8 Å². The predicted octanol–water partition coefficient (Wildman–Crippen LogP) is 2.73. The van der Waals surface area contributed by atoms with Crippen LogP contribution in [-0.2, 0) is 6.18 Å². The third kappa shape index (κ3) is 2.19. The Morgan fingerprint density at radius 1 is 1.23 bits per heavy atom. The topological polar surface area (TPSA) is 92.9 Å². The Kier molecular flexibility index (Phi) is 3.20. The molecule has 0 unspecified atom stereocenters. The van der Waals surface area contributed by atoms with Crippen LogP contribution in [0.5, 0.6) is 0 Å². The van der Waals surface area contributed by atoms with Crippen molar-refractivity contribution in [3.05, 3.63) is 57.8 Å². The SMILES string of the molecule is O=C(O)c1cnn(-c2ccc3[nH]c(=O)n4c3c2C=CC=C4)c1C(F)(F)F. The molecule has 1 aliphatic rings. The smallest absolute Gasteiger partial charge is 0.434 e. The Labute approximate surface area is 142 Å². The van der Waals surface area contributed by atoms with Gasteiger partial charge in [-0.25, -0.2) is 14.3 Å². The number of nitrogens with one attached hydrogen (secondary N) is 1. The van der Waals surface area contributed by atoms with Crippen LogP contribution in [0, 0.1) is 0 Å². The van der Waals surface area contributed by atoms with E-state index in [-0.39, 0.29) is 5.69 Å². The minimum absolute atomic E-state index is 0.00465. The van der Waals surface area contributed by atoms with Gasteiger partial charge in [0.1, 0.15) is 5.56 Å². The number of carboxylic acids is 1. The number of hydrogen-bond acceptors (Lipinski definition) is 3. The maximum absolute atomic E-state index is 13.5. The molecule has 2 aromatic heterocycles. The standard InChI is InChI=1S/C16H9F3N4O3/c17-16(18,19)13-9(14(24)25)7-20-23(13)11-5-4-10-12-8(11)3-1-2-6-22(12)15(26)21-10/h1-7H,(H,21,26)(H,24,25). The summed E-state index contributed by atoms with van der Waals surface area (Å²) in [7, 11) is 0. The fraction of sp³-hybridized carbons (Fsp3) is 0.0625. The molecule has 132 valence electrons. The first-order chi connectivity index (χ1) is 12.3. The summed E-state index contributed by atoms with van der Waals surface area (Å²) in [5, 5.41) is 12.7. The second-order valence-electron chi connectivity index (χ2n) is 5.52. The van der Waals surface area contributed by atoms with Crippen LogP contribution in [0.2, 0.25) is 0 Å². The molecule has 0 amide bonds. The van der Waals surface area contributed by atoms with Crippen molar-refractivity contribution in [1.82, 2.24) is 19.3 Å². The summed E-state index contributed by atoms with van der Waals surface area (Å²) in [6, 6.07) is 2.79. The van der Waals surface area contributed by atoms with Gasteiger partial charge in [-0.15, -0.1) is 0 Å². The van der Waals surface area contributed by atoms with E-state index in [9.17, 15) is 22.8 Å². The largest absolute Gasteiger partial charge is 0.478 e. The van der Waals surface area contributed by atoms with Crippen molar-refractivity contribution in [2.24, 2.45) is 0 Å². The zero-order valence-corrected chi connectivity index (χ0v) is 12.8. The van der Waals surface area contributed by atoms with Crippen molar-refractivity contribution in [2.45, 2.75) is 6.18 Å². The Bertz CT molecular complexity index is 1180. The van der Waals surface area contributed by atoms with E-state index in [2.05, 4.69) is 10.1 Å². The van der Waals surface area contributed by atoms with Gasteiger partial charge in [0.15, 0.2) is 5.69 Å². The molecule has 0 aliphatic carbocycles. The van der Waals surface area contributed by atoms with Crippen LogP contribution in [-0.4, -0.2) is 30.4 Å². The summed E-state index contributed by atoms with van der Waals surface area (Å²) < 4.78 is 42.3. The van der Waals surface area contributed by atoms with Crippen LogP contribution >= 0.6 is 0 Å². The minimum atomic E-state index is -4.93. The Morgan fingerprint density at radius 2 is 2.00 bits per heavy atom. The molecule has 0 radical (unpaired) electrons. The van der Waals surface area contributed by atoms with Gasteiger partial charge in [-0.1, -0.05) is 12.2 Å². The normalized spacial score (nSPS) is 13.3. The maximum Gasteiger partial charge on any atom is 0.434 e. The quantitative estimate of drug-likeness (QED) is 0.733. The van der Waals surface area contributed by atoms with Crippen LogP contribution in [0.15, 0.2) is 35.3 Å². The van der Waals surface area contributed by atoms with Crippen molar-refractivity contribution in [1.29, 1.82) is 0 Å². The predicted molar refractivity (Wildman–Crippen MR) is 86.0 cm³/mol. The Hall–Kier alpha value is -3.56. The molecule has 0 fully saturated rings. The number of H-pyrrole nitrogens is 1. The van der Waals surface area contributed by atoms with Gasteiger partial charge in [-0.2, -0.15) is 18.3 Å². The third-order valence-corrected chi connectivity index (χ3v) is 4.00. The van der Waals surface area contributed by atoms with Crippen molar-refractivity contribution < 1.29 is 23.1 Å². The number of nitrogens with zero attached hydrogens (tertiary/aromatic N) is 3. The molecule has 2 N–H and O–H groups in total. The molecule has 0 spiro atoms. The molecule has 0 atom stereocenters. The number of hydrogen-bond donors (Lipinski definition) is 2. The molecule has 0 bridgehead atoms. The number of aromatic amines is 1. The number of aromatic carboxylic acids is 1. The molecule has 7 nitrogen and oxygen atoms in total. The summed E-state index contributed by atoms with van der Waals surface area (Å²) in [5.41, 5.74) is -1.67. The number of allylic oxidation sites excluding steroid dienone is 2. The number of carbonyl (C=O) groups is 1. The second-order valence-corrected chi connectivity index (χ2v) is 5.52. The highest BCUT2D eigenvalue weighted by atomic mass is 19.4. The van der Waals surface area contributed by atoms with E-state index >= 15 is 0 Å². The van der Waals surface area contributed by atoms with Gasteiger partial charge in [0.2, 0.25) is 0 Å². The molecule has 0 saturated carbocycles. The molecule has 3 heterocycles. The van der Waals surface area contributed by atoms with Gasteiger partial charge in [0.05, 0.1) is 22.9 Å². The summed E-state index contributed by atoms with van der Waals surface area (Å²) in [6.07, 6.45) is 1.87. The molecular formula is C16H9F3N4O3. The van der Waals surface area contributed by atoms with Crippen molar-refractivity contribution in [3.8, 4) is 5.69 Å². The molecule has 10 heteroatoms. The van der Waals surface area contributed by atoms with Crippen molar-refractivity contribution >= 4 is 29.3 Å². The van der Waals surface area contributed by atoms with Gasteiger partial charge in [0.25, 0.3) is 0 Å². The number of benzene rings is 1. The van der Waals surface area contributed by atoms with Gasteiger partial charge in [-0.3, -0.25) is 4.57 Å². The monoisotopic (exact) mass is 362 g/mol. The fourth-order valence-electron chi connectivity index (χ4n) is 2.97. The van der Waals surface area contributed by atoms with Gasteiger partial charge < -0.3 is 10.1 Å². The number of halogens is 3. The summed E-state index contributed by atoms with van der Waals surface area (Å²) >= 11 is 0. The van der Waals surface area contributed by atoms with Gasteiger partial charge >= 0.3 is 17.8 Å². The highest BCUT2D eigenvalue weighted by Gasteiger charge is 2.41. The Balaban J connectivity index is 2.10. The molecule has 3 aromatic rings. The highest BCUT2D eigenvalue weighted by molar-refractivity contribution is 5.93. The van der Waals surface area contributed by atoms with Crippen LogP contribution in [0.25, 0.3) is 29.0 Å². The summed E-state index contributed by atoms with van der Waals surface area (Å²) in [4.78, 5) is 25.8. The third-order valence-electron chi connectivity index (χ3n) is 4.00. The van der Waals surface area contributed by atoms with Crippen LogP contribution < -0.4 is 5.69 Å². The molecule has 4 rings (SSSR count). The number of rotatable bonds is 2. The first-order valence-corrected chi connectivity index (χ1v) is 7.30. The lowest BCUT2D eigenvalue weighted by atomic mass is 10.1. The second kappa shape index (κ2) is 5.22. The summed E-state index contributed by atoms with van der Waals surface area (Å²) in [5.74, 6) is -1.73. The fourth-order valence-corrected chi connectivity index (χ4v) is 2.97. The summed E-state index contributed by atoms with van der Waals surface area (Å²) in [6.45, 7) is 0. The zero-order chi connectivity index (χ0) is 18.6. The van der Waals surface area contributed by atoms with E-state index < -0.39 is 29.1 Å². The van der Waals surface area contributed by atoms with Gasteiger partial charge in [-0.05, 0) is 18.2 Å². The van der Waals surface area contributed by atoms with E-state index in [1.165, 1.54) is 29.0 Å². The maximum atomic E-state index is 13.5. The van der Waals surface area contributed by atoms with Crippen molar-refractivity contribution in [3.63, 3.8) is 0 Å². The molecule has 26 heavy (non-hydrogen) atoms.